The maximum atomic E-state index is 13.4. The highest BCUT2D eigenvalue weighted by Gasteiger charge is 2.29. The van der Waals surface area contributed by atoms with Crippen LogP contribution in [0.4, 0.5) is 5.69 Å². The summed E-state index contributed by atoms with van der Waals surface area (Å²) in [7, 11) is -3.54. The monoisotopic (exact) mass is 535 g/mol. The van der Waals surface area contributed by atoms with Crippen molar-refractivity contribution in [3.63, 3.8) is 0 Å². The molecule has 9 heteroatoms. The molecule has 0 spiro atoms. The lowest BCUT2D eigenvalue weighted by atomic mass is 10.1. The predicted octanol–water partition coefficient (Wildman–Crippen LogP) is 4.84. The van der Waals surface area contributed by atoms with Gasteiger partial charge in [-0.2, -0.15) is 0 Å². The number of anilines is 1. The van der Waals surface area contributed by atoms with E-state index < -0.39 is 16.1 Å². The molecule has 2 amide bonds. The van der Waals surface area contributed by atoms with E-state index in [0.717, 1.165) is 23.1 Å². The van der Waals surface area contributed by atoms with Crippen molar-refractivity contribution < 1.29 is 18.0 Å². The highest BCUT2D eigenvalue weighted by Crippen LogP contribution is 2.25. The van der Waals surface area contributed by atoms with Crippen LogP contribution in [-0.4, -0.2) is 50.5 Å². The predicted molar refractivity (Wildman–Crippen MR) is 147 cm³/mol. The Hall–Kier alpha value is -2.58. The van der Waals surface area contributed by atoms with E-state index in [1.54, 1.807) is 23.1 Å². The van der Waals surface area contributed by atoms with E-state index in [1.807, 2.05) is 52.0 Å². The van der Waals surface area contributed by atoms with E-state index in [2.05, 4.69) is 5.32 Å². The lowest BCUT2D eigenvalue weighted by Gasteiger charge is -2.31. The van der Waals surface area contributed by atoms with Crippen LogP contribution in [0, 0.1) is 13.8 Å². The first kappa shape index (κ1) is 29.6. The van der Waals surface area contributed by atoms with Gasteiger partial charge in [-0.15, -0.1) is 0 Å². The number of sulfonamides is 1. The minimum Gasteiger partial charge on any atom is -0.354 e. The molecule has 0 aliphatic rings. The highest BCUT2D eigenvalue weighted by atomic mass is 35.5. The average Bonchev–Trinajstić information content (AvgIpc) is 2.82. The summed E-state index contributed by atoms with van der Waals surface area (Å²) < 4.78 is 26.5. The van der Waals surface area contributed by atoms with Crippen molar-refractivity contribution in [1.29, 1.82) is 0 Å². The van der Waals surface area contributed by atoms with Gasteiger partial charge in [0.05, 0.1) is 11.9 Å². The van der Waals surface area contributed by atoms with E-state index in [4.69, 9.17) is 11.6 Å². The van der Waals surface area contributed by atoms with Gasteiger partial charge in [0, 0.05) is 31.1 Å². The Bertz CT molecular complexity index is 1140. The Morgan fingerprint density at radius 2 is 1.72 bits per heavy atom. The number of nitrogens with one attached hydrogen (secondary N) is 1. The molecule has 0 heterocycles. The van der Waals surface area contributed by atoms with Gasteiger partial charge >= 0.3 is 0 Å². The molecule has 2 aromatic rings. The van der Waals surface area contributed by atoms with Gasteiger partial charge in [0.2, 0.25) is 21.8 Å². The van der Waals surface area contributed by atoms with Crippen molar-refractivity contribution in [2.24, 2.45) is 0 Å². The fourth-order valence-corrected chi connectivity index (χ4v) is 5.20. The van der Waals surface area contributed by atoms with E-state index in [0.29, 0.717) is 30.1 Å². The molecular weight excluding hydrogens is 498 g/mol. The zero-order valence-electron chi connectivity index (χ0n) is 21.9. The molecule has 36 heavy (non-hydrogen) atoms. The van der Waals surface area contributed by atoms with Gasteiger partial charge in [0.15, 0.2) is 0 Å². The van der Waals surface area contributed by atoms with Crippen LogP contribution < -0.4 is 9.62 Å². The summed E-state index contributed by atoms with van der Waals surface area (Å²) in [6.07, 6.45) is 2.87. The van der Waals surface area contributed by atoms with Crippen molar-refractivity contribution in [2.75, 3.05) is 23.7 Å². The molecular formula is C27H38ClN3O4S. The minimum atomic E-state index is -3.54. The zero-order valence-corrected chi connectivity index (χ0v) is 23.5. The van der Waals surface area contributed by atoms with Crippen LogP contribution >= 0.6 is 11.6 Å². The number of halogens is 1. The van der Waals surface area contributed by atoms with Crippen LogP contribution in [-0.2, 0) is 26.2 Å². The van der Waals surface area contributed by atoms with Crippen LogP contribution in [0.1, 0.15) is 56.2 Å². The van der Waals surface area contributed by atoms with Gasteiger partial charge < -0.3 is 10.2 Å². The smallest absolute Gasteiger partial charge is 0.242 e. The van der Waals surface area contributed by atoms with Crippen LogP contribution in [0.3, 0.4) is 0 Å². The van der Waals surface area contributed by atoms with Crippen LogP contribution in [0.25, 0.3) is 0 Å². The highest BCUT2D eigenvalue weighted by molar-refractivity contribution is 7.92. The third-order valence-electron chi connectivity index (χ3n) is 6.20. The molecule has 0 fully saturated rings. The third kappa shape index (κ3) is 8.23. The van der Waals surface area contributed by atoms with Crippen molar-refractivity contribution in [1.82, 2.24) is 10.2 Å². The van der Waals surface area contributed by atoms with E-state index in [9.17, 15) is 18.0 Å². The summed E-state index contributed by atoms with van der Waals surface area (Å²) >= 11 is 6.02. The van der Waals surface area contributed by atoms with Gasteiger partial charge in [-0.3, -0.25) is 13.9 Å². The van der Waals surface area contributed by atoms with Crippen LogP contribution in [0.2, 0.25) is 5.02 Å². The number of aryl methyl sites for hydroxylation is 1. The molecule has 0 saturated heterocycles. The number of rotatable bonds is 13. The first-order valence-corrected chi connectivity index (χ1v) is 14.6. The molecule has 0 aliphatic heterocycles. The maximum absolute atomic E-state index is 13.4. The molecule has 1 N–H and O–H groups in total. The Labute approximate surface area is 220 Å². The Kier molecular flexibility index (Phi) is 11.2. The van der Waals surface area contributed by atoms with Gasteiger partial charge in [-0.05, 0) is 68.0 Å². The number of amides is 2. The molecule has 0 saturated carbocycles. The SMILES string of the molecule is CCCNC(=O)C(CC)N(Cc1ccc(Cl)cc1)C(=O)CCCN(c1cccc(C)c1C)S(C)(=O)=O. The summed E-state index contributed by atoms with van der Waals surface area (Å²) in [5, 5.41) is 3.49. The van der Waals surface area contributed by atoms with Crippen LogP contribution in [0.5, 0.6) is 0 Å². The summed E-state index contributed by atoms with van der Waals surface area (Å²) in [5.41, 5.74) is 3.36. The summed E-state index contributed by atoms with van der Waals surface area (Å²) in [4.78, 5) is 27.9. The van der Waals surface area contributed by atoms with Crippen molar-refractivity contribution in [3.8, 4) is 0 Å². The van der Waals surface area contributed by atoms with Gasteiger partial charge in [-0.1, -0.05) is 49.7 Å². The van der Waals surface area contributed by atoms with Gasteiger partial charge in [-0.25, -0.2) is 8.42 Å². The normalized spacial score (nSPS) is 12.2. The second kappa shape index (κ2) is 13.7. The number of benzene rings is 2. The molecule has 2 rings (SSSR count). The van der Waals surface area contributed by atoms with Crippen molar-refractivity contribution in [2.45, 2.75) is 66.0 Å². The topological polar surface area (TPSA) is 86.8 Å². The first-order chi connectivity index (χ1) is 17.0. The molecule has 1 atom stereocenters. The molecule has 0 aliphatic carbocycles. The summed E-state index contributed by atoms with van der Waals surface area (Å²) in [6.45, 7) is 8.65. The summed E-state index contributed by atoms with van der Waals surface area (Å²) in [6, 6.07) is 12.1. The number of hydrogen-bond acceptors (Lipinski definition) is 4. The van der Waals surface area contributed by atoms with E-state index in [1.165, 1.54) is 10.6 Å². The Morgan fingerprint density at radius 3 is 2.31 bits per heavy atom. The second-order valence-corrected chi connectivity index (χ2v) is 11.4. The number of carbonyl (C=O) groups excluding carboxylic acids is 2. The van der Waals surface area contributed by atoms with E-state index in [-0.39, 0.29) is 31.3 Å². The number of hydrogen-bond donors (Lipinski definition) is 1. The fraction of sp³-hybridized carbons (Fsp3) is 0.481. The molecule has 0 bridgehead atoms. The molecule has 0 aromatic heterocycles. The maximum Gasteiger partial charge on any atom is 0.242 e. The van der Waals surface area contributed by atoms with Gasteiger partial charge in [0.25, 0.3) is 0 Å². The standard InChI is InChI=1S/C27H38ClN3O4S/c1-6-17-29-27(33)24(7-2)30(19-22-13-15-23(28)16-14-22)26(32)12-9-18-31(36(5,34)35)25-11-8-10-20(3)21(25)4/h8,10-11,13-16,24H,6-7,9,12,17-19H2,1-5H3,(H,29,33). The molecule has 1 unspecified atom stereocenters. The summed E-state index contributed by atoms with van der Waals surface area (Å²) in [5.74, 6) is -0.382. The lowest BCUT2D eigenvalue weighted by Crippen LogP contribution is -2.49. The Balaban J connectivity index is 2.23. The molecule has 0 radical (unpaired) electrons. The first-order valence-electron chi connectivity index (χ1n) is 12.3. The van der Waals surface area contributed by atoms with Crippen molar-refractivity contribution in [3.05, 3.63) is 64.2 Å². The minimum absolute atomic E-state index is 0.113. The third-order valence-corrected chi connectivity index (χ3v) is 7.63. The molecule has 2 aromatic carbocycles. The molecule has 7 nitrogen and oxygen atoms in total. The van der Waals surface area contributed by atoms with Gasteiger partial charge in [0.1, 0.15) is 6.04 Å². The molecule has 198 valence electrons. The lowest BCUT2D eigenvalue weighted by molar-refractivity contribution is -0.141. The van der Waals surface area contributed by atoms with E-state index >= 15 is 0 Å². The average molecular weight is 536 g/mol. The zero-order chi connectivity index (χ0) is 26.9. The number of nitrogens with zero attached hydrogens (tertiary/aromatic N) is 2. The number of carbonyl (C=O) groups is 2. The largest absolute Gasteiger partial charge is 0.354 e. The Morgan fingerprint density at radius 1 is 1.06 bits per heavy atom. The fourth-order valence-electron chi connectivity index (χ4n) is 4.06. The second-order valence-electron chi connectivity index (χ2n) is 9.02. The van der Waals surface area contributed by atoms with Crippen molar-refractivity contribution >= 4 is 39.1 Å². The quantitative estimate of drug-likeness (QED) is 0.398. The van der Waals surface area contributed by atoms with Crippen LogP contribution in [0.15, 0.2) is 42.5 Å².